The van der Waals surface area contributed by atoms with Crippen LogP contribution in [0, 0.1) is 0 Å². The molecule has 0 aromatic heterocycles. The van der Waals surface area contributed by atoms with E-state index in [4.69, 9.17) is 46.4 Å². The van der Waals surface area contributed by atoms with Crippen molar-refractivity contribution in [1.29, 1.82) is 0 Å². The van der Waals surface area contributed by atoms with E-state index in [1.54, 1.807) is 0 Å². The highest BCUT2D eigenvalue weighted by molar-refractivity contribution is 7.87. The van der Waals surface area contributed by atoms with Crippen molar-refractivity contribution in [3.63, 3.8) is 0 Å². The Hall–Kier alpha value is -1.67. The SMILES string of the molecule is O=S(=O)(O)C(c1ccc(Cl)cc1)(c1cc(O)c(Cl)c(Cl)c1)c1cccc(O)c1Cl. The summed E-state index contributed by atoms with van der Waals surface area (Å²) < 4.78 is 34.0. The Bertz CT molecular complexity index is 1170. The van der Waals surface area contributed by atoms with Gasteiger partial charge in [0.25, 0.3) is 10.1 Å². The summed E-state index contributed by atoms with van der Waals surface area (Å²) in [7, 11) is -5.04. The summed E-state index contributed by atoms with van der Waals surface area (Å²) in [6.07, 6.45) is 0. The lowest BCUT2D eigenvalue weighted by Gasteiger charge is -2.33. The zero-order valence-electron chi connectivity index (χ0n) is 14.3. The minimum absolute atomic E-state index is 0.0367. The van der Waals surface area contributed by atoms with Gasteiger partial charge in [-0.1, -0.05) is 70.7 Å². The molecule has 1 atom stereocenters. The lowest BCUT2D eigenvalue weighted by Crippen LogP contribution is -2.38. The number of hydrogen-bond acceptors (Lipinski definition) is 4. The molecule has 0 bridgehead atoms. The second-order valence-corrected chi connectivity index (χ2v) is 9.26. The first-order valence-corrected chi connectivity index (χ1v) is 10.8. The molecule has 3 N–H and O–H groups in total. The fourth-order valence-corrected chi connectivity index (χ4v) is 5.24. The zero-order valence-corrected chi connectivity index (χ0v) is 18.1. The van der Waals surface area contributed by atoms with Gasteiger partial charge in [-0.25, -0.2) is 0 Å². The van der Waals surface area contributed by atoms with Crippen LogP contribution in [-0.2, 0) is 14.9 Å². The number of hydrogen-bond donors (Lipinski definition) is 3. The second kappa shape index (κ2) is 7.87. The summed E-state index contributed by atoms with van der Waals surface area (Å²) in [6, 6.07) is 11.8. The first-order chi connectivity index (χ1) is 13.5. The maximum Gasteiger partial charge on any atom is 0.283 e. The van der Waals surface area contributed by atoms with Gasteiger partial charge in [0.2, 0.25) is 0 Å². The Balaban J connectivity index is 2.58. The van der Waals surface area contributed by atoms with E-state index >= 15 is 0 Å². The van der Waals surface area contributed by atoms with Gasteiger partial charge in [0.05, 0.1) is 10.0 Å². The molecule has 0 saturated carbocycles. The number of benzene rings is 3. The smallest absolute Gasteiger partial charge is 0.283 e. The molecule has 0 aliphatic rings. The monoisotopic (exact) mass is 492 g/mol. The first kappa shape index (κ1) is 22.0. The van der Waals surface area contributed by atoms with Gasteiger partial charge in [-0.3, -0.25) is 4.55 Å². The Labute approximate surface area is 186 Å². The van der Waals surface area contributed by atoms with Gasteiger partial charge in [-0.05, 0) is 41.5 Å². The van der Waals surface area contributed by atoms with Gasteiger partial charge in [0, 0.05) is 10.6 Å². The van der Waals surface area contributed by atoms with E-state index in [2.05, 4.69) is 0 Å². The number of halogens is 4. The number of rotatable bonds is 4. The van der Waals surface area contributed by atoms with Crippen molar-refractivity contribution in [1.82, 2.24) is 0 Å². The molecule has 152 valence electrons. The van der Waals surface area contributed by atoms with Crippen molar-refractivity contribution in [3.8, 4) is 11.5 Å². The highest BCUT2D eigenvalue weighted by Gasteiger charge is 2.50. The average Bonchev–Trinajstić information content (AvgIpc) is 2.64. The molecule has 29 heavy (non-hydrogen) atoms. The fourth-order valence-electron chi connectivity index (χ4n) is 3.17. The Morgan fingerprint density at radius 2 is 1.38 bits per heavy atom. The van der Waals surface area contributed by atoms with E-state index in [0.717, 1.165) is 6.07 Å². The van der Waals surface area contributed by atoms with Crippen LogP contribution in [0.3, 0.4) is 0 Å². The summed E-state index contributed by atoms with van der Waals surface area (Å²) in [5.41, 5.74) is -0.279. The normalized spacial score (nSPS) is 13.8. The summed E-state index contributed by atoms with van der Waals surface area (Å²) >= 11 is 24.2. The van der Waals surface area contributed by atoms with Crippen LogP contribution >= 0.6 is 46.4 Å². The maximum atomic E-state index is 12.9. The van der Waals surface area contributed by atoms with E-state index < -0.39 is 26.4 Å². The van der Waals surface area contributed by atoms with Gasteiger partial charge in [-0.2, -0.15) is 8.42 Å². The molecule has 0 spiro atoms. The molecule has 0 fully saturated rings. The van der Waals surface area contributed by atoms with Crippen LogP contribution in [0.1, 0.15) is 16.7 Å². The largest absolute Gasteiger partial charge is 0.506 e. The van der Waals surface area contributed by atoms with Gasteiger partial charge in [0.1, 0.15) is 16.5 Å². The summed E-state index contributed by atoms with van der Waals surface area (Å²) in [4.78, 5) is 0. The van der Waals surface area contributed by atoms with Crippen LogP contribution in [0.5, 0.6) is 11.5 Å². The van der Waals surface area contributed by atoms with Crippen LogP contribution in [0.15, 0.2) is 54.6 Å². The molecule has 0 saturated heterocycles. The molecule has 3 aromatic carbocycles. The van der Waals surface area contributed by atoms with E-state index in [-0.39, 0.29) is 31.8 Å². The predicted molar refractivity (Wildman–Crippen MR) is 114 cm³/mol. The van der Waals surface area contributed by atoms with Gasteiger partial charge < -0.3 is 10.2 Å². The number of aromatic hydroxyl groups is 2. The molecule has 10 heteroatoms. The summed E-state index contributed by atoms with van der Waals surface area (Å²) in [5, 5.41) is 19.9. The van der Waals surface area contributed by atoms with E-state index in [9.17, 15) is 23.2 Å². The Morgan fingerprint density at radius 1 is 0.759 bits per heavy atom. The Morgan fingerprint density at radius 3 is 1.93 bits per heavy atom. The minimum Gasteiger partial charge on any atom is -0.506 e. The van der Waals surface area contributed by atoms with Crippen molar-refractivity contribution in [2.45, 2.75) is 4.75 Å². The molecule has 0 heterocycles. The second-order valence-electron chi connectivity index (χ2n) is 6.09. The molecule has 0 aliphatic carbocycles. The van der Waals surface area contributed by atoms with Gasteiger partial charge >= 0.3 is 0 Å². The highest BCUT2D eigenvalue weighted by atomic mass is 35.5. The van der Waals surface area contributed by atoms with E-state index in [0.29, 0.717) is 5.02 Å². The summed E-state index contributed by atoms with van der Waals surface area (Å²) in [5.74, 6) is -0.914. The third-order valence-corrected chi connectivity index (χ3v) is 7.32. The van der Waals surface area contributed by atoms with Crippen LogP contribution < -0.4 is 0 Å². The molecule has 0 aliphatic heterocycles. The topological polar surface area (TPSA) is 94.8 Å². The lowest BCUT2D eigenvalue weighted by atomic mass is 9.83. The van der Waals surface area contributed by atoms with Crippen molar-refractivity contribution in [2.24, 2.45) is 0 Å². The maximum absolute atomic E-state index is 12.9. The molecule has 3 aromatic rings. The quantitative estimate of drug-likeness (QED) is 0.311. The van der Waals surface area contributed by atoms with Crippen LogP contribution in [0.2, 0.25) is 20.1 Å². The molecular formula is C19H12Cl4O5S. The third-order valence-electron chi connectivity index (χ3n) is 4.41. The average molecular weight is 494 g/mol. The zero-order chi connectivity index (χ0) is 21.6. The van der Waals surface area contributed by atoms with E-state index in [1.807, 2.05) is 0 Å². The lowest BCUT2D eigenvalue weighted by molar-refractivity contribution is 0.455. The predicted octanol–water partition coefficient (Wildman–Crippen LogP) is 5.89. The first-order valence-electron chi connectivity index (χ1n) is 7.89. The molecule has 1 unspecified atom stereocenters. The van der Waals surface area contributed by atoms with Crippen LogP contribution in [-0.4, -0.2) is 23.2 Å². The third kappa shape index (κ3) is 3.65. The number of phenols is 2. The molecule has 0 amide bonds. The van der Waals surface area contributed by atoms with Gasteiger partial charge in [0.15, 0.2) is 4.75 Å². The molecular weight excluding hydrogens is 482 g/mol. The Kier molecular flexibility index (Phi) is 5.98. The molecule has 0 radical (unpaired) electrons. The van der Waals surface area contributed by atoms with Crippen LogP contribution in [0.4, 0.5) is 0 Å². The number of phenolic OH excluding ortho intramolecular Hbond substituents is 2. The minimum atomic E-state index is -5.04. The van der Waals surface area contributed by atoms with E-state index in [1.165, 1.54) is 48.5 Å². The van der Waals surface area contributed by atoms with Crippen molar-refractivity contribution in [2.75, 3.05) is 0 Å². The van der Waals surface area contributed by atoms with Crippen LogP contribution in [0.25, 0.3) is 0 Å². The summed E-state index contributed by atoms with van der Waals surface area (Å²) in [6.45, 7) is 0. The molecule has 5 nitrogen and oxygen atoms in total. The molecule has 3 rings (SSSR count). The standard InChI is InChI=1S/C19H12Cl4O5S/c20-12-6-4-10(5-7-12)19(29(26,27)28,13-2-1-3-15(24)17(13)22)11-8-14(21)18(23)16(25)9-11/h1-9,24-25H,(H,26,27,28). The van der Waals surface area contributed by atoms with Crippen molar-refractivity contribution < 1.29 is 23.2 Å². The van der Waals surface area contributed by atoms with Crippen molar-refractivity contribution >= 4 is 56.5 Å². The van der Waals surface area contributed by atoms with Gasteiger partial charge in [-0.15, -0.1) is 0 Å². The fraction of sp³-hybridized carbons (Fsp3) is 0.0526. The van der Waals surface area contributed by atoms with Crippen molar-refractivity contribution in [3.05, 3.63) is 91.4 Å². The highest BCUT2D eigenvalue weighted by Crippen LogP contribution is 2.50.